The Morgan fingerprint density at radius 1 is 1.24 bits per heavy atom. The van der Waals surface area contributed by atoms with Gasteiger partial charge in [-0.15, -0.1) is 24.8 Å². The van der Waals surface area contributed by atoms with E-state index < -0.39 is 5.97 Å². The number of rotatable bonds is 6. The molecule has 1 aromatic carbocycles. The van der Waals surface area contributed by atoms with Crippen molar-refractivity contribution >= 4 is 36.9 Å². The van der Waals surface area contributed by atoms with E-state index in [0.717, 1.165) is 25.9 Å². The van der Waals surface area contributed by atoms with Crippen molar-refractivity contribution in [1.29, 1.82) is 0 Å². The fourth-order valence-corrected chi connectivity index (χ4v) is 3.55. The van der Waals surface area contributed by atoms with Crippen LogP contribution in [0.1, 0.15) is 31.7 Å². The van der Waals surface area contributed by atoms with Gasteiger partial charge in [0.15, 0.2) is 0 Å². The van der Waals surface area contributed by atoms with Crippen molar-refractivity contribution in [2.45, 2.75) is 38.3 Å². The second-order valence-corrected chi connectivity index (χ2v) is 6.86. The second kappa shape index (κ2) is 10.2. The quantitative estimate of drug-likeness (QED) is 0.785. The van der Waals surface area contributed by atoms with Crippen LogP contribution < -0.4 is 5.32 Å². The topological polar surface area (TPSA) is 52.6 Å². The molecule has 0 aromatic heterocycles. The molecule has 140 valence electrons. The average molecular weight is 387 g/mol. The molecule has 1 aliphatic heterocycles. The van der Waals surface area contributed by atoms with Crippen LogP contribution in [0.3, 0.4) is 0 Å². The summed E-state index contributed by atoms with van der Waals surface area (Å²) in [6.45, 7) is 4.19. The SMILES string of the molecule is C/C(=C\c1ccccc1)[C@@H]1C[C@H]1NC1CCN(CC(=O)O)CC1.Cl.Cl. The lowest BCUT2D eigenvalue weighted by Crippen LogP contribution is -2.45. The molecule has 6 heteroatoms. The summed E-state index contributed by atoms with van der Waals surface area (Å²) in [6.07, 6.45) is 5.63. The number of benzene rings is 1. The number of carboxylic acids is 1. The molecule has 1 saturated carbocycles. The highest BCUT2D eigenvalue weighted by atomic mass is 35.5. The summed E-state index contributed by atoms with van der Waals surface area (Å²) in [5.41, 5.74) is 2.73. The summed E-state index contributed by atoms with van der Waals surface area (Å²) in [4.78, 5) is 12.8. The molecule has 25 heavy (non-hydrogen) atoms. The van der Waals surface area contributed by atoms with Crippen molar-refractivity contribution in [1.82, 2.24) is 10.2 Å². The average Bonchev–Trinajstić information content (AvgIpc) is 3.29. The van der Waals surface area contributed by atoms with Gasteiger partial charge in [-0.05, 0) is 37.7 Å². The van der Waals surface area contributed by atoms with Gasteiger partial charge in [0.05, 0.1) is 6.54 Å². The zero-order valence-corrected chi connectivity index (χ0v) is 16.2. The van der Waals surface area contributed by atoms with Crippen molar-refractivity contribution in [2.24, 2.45) is 5.92 Å². The molecule has 1 aliphatic carbocycles. The molecule has 1 aromatic rings. The summed E-state index contributed by atoms with van der Waals surface area (Å²) in [5.74, 6) is -0.0624. The number of likely N-dealkylation sites (tertiary alicyclic amines) is 1. The van der Waals surface area contributed by atoms with Crippen molar-refractivity contribution in [3.63, 3.8) is 0 Å². The van der Waals surface area contributed by atoms with Crippen LogP contribution in [-0.2, 0) is 4.79 Å². The number of carbonyl (C=O) groups is 1. The summed E-state index contributed by atoms with van der Waals surface area (Å²) >= 11 is 0. The Labute approximate surface area is 162 Å². The van der Waals surface area contributed by atoms with Crippen LogP contribution in [-0.4, -0.2) is 47.7 Å². The first-order valence-electron chi connectivity index (χ1n) is 8.55. The molecule has 0 spiro atoms. The molecule has 4 nitrogen and oxygen atoms in total. The van der Waals surface area contributed by atoms with Crippen LogP contribution in [0.2, 0.25) is 0 Å². The van der Waals surface area contributed by atoms with Crippen LogP contribution in [0.5, 0.6) is 0 Å². The highest BCUT2D eigenvalue weighted by Crippen LogP contribution is 2.38. The molecule has 0 amide bonds. The number of halogens is 2. The minimum Gasteiger partial charge on any atom is -0.480 e. The molecule has 2 fully saturated rings. The Morgan fingerprint density at radius 2 is 1.88 bits per heavy atom. The minimum absolute atomic E-state index is 0. The van der Waals surface area contributed by atoms with Crippen molar-refractivity contribution in [2.75, 3.05) is 19.6 Å². The third-order valence-corrected chi connectivity index (χ3v) is 4.97. The van der Waals surface area contributed by atoms with Gasteiger partial charge < -0.3 is 10.4 Å². The van der Waals surface area contributed by atoms with Crippen LogP contribution in [0.25, 0.3) is 6.08 Å². The number of piperidine rings is 1. The lowest BCUT2D eigenvalue weighted by atomic mass is 10.0. The van der Waals surface area contributed by atoms with Gasteiger partial charge >= 0.3 is 5.97 Å². The van der Waals surface area contributed by atoms with E-state index in [0.29, 0.717) is 18.0 Å². The lowest BCUT2D eigenvalue weighted by Gasteiger charge is -2.31. The number of hydrogen-bond donors (Lipinski definition) is 2. The highest BCUT2D eigenvalue weighted by Gasteiger charge is 2.39. The van der Waals surface area contributed by atoms with Gasteiger partial charge in [-0.1, -0.05) is 42.0 Å². The summed E-state index contributed by atoms with van der Waals surface area (Å²) in [7, 11) is 0. The van der Waals surface area contributed by atoms with Gasteiger partial charge in [-0.25, -0.2) is 0 Å². The Bertz CT molecular complexity index is 572. The number of carboxylic acid groups (broad SMARTS) is 1. The number of hydrogen-bond acceptors (Lipinski definition) is 3. The van der Waals surface area contributed by atoms with E-state index in [9.17, 15) is 4.79 Å². The molecule has 0 radical (unpaired) electrons. The van der Waals surface area contributed by atoms with Gasteiger partial charge in [-0.3, -0.25) is 9.69 Å². The fourth-order valence-electron chi connectivity index (χ4n) is 3.55. The van der Waals surface area contributed by atoms with Gasteiger partial charge in [0.2, 0.25) is 0 Å². The first kappa shape index (κ1) is 22.0. The summed E-state index contributed by atoms with van der Waals surface area (Å²) in [6, 6.07) is 11.6. The lowest BCUT2D eigenvalue weighted by molar-refractivity contribution is -0.138. The Kier molecular flexibility index (Phi) is 8.94. The molecular weight excluding hydrogens is 359 g/mol. The monoisotopic (exact) mass is 386 g/mol. The van der Waals surface area contributed by atoms with E-state index in [-0.39, 0.29) is 31.4 Å². The zero-order chi connectivity index (χ0) is 16.2. The van der Waals surface area contributed by atoms with Crippen LogP contribution in [0, 0.1) is 5.92 Å². The van der Waals surface area contributed by atoms with Crippen molar-refractivity contribution in [3.05, 3.63) is 41.5 Å². The standard InChI is InChI=1S/C19H26N2O2.2ClH/c1-14(11-15-5-3-2-4-6-15)17-12-18(17)20-16-7-9-21(10-8-16)13-19(22)23;;/h2-6,11,16-18,20H,7-10,12-13H2,1H3,(H,22,23);2*1H/b14-11+;;/t17-,18+;;/m0../s1. The minimum atomic E-state index is -0.722. The second-order valence-electron chi connectivity index (χ2n) is 6.86. The first-order chi connectivity index (χ1) is 11.1. The van der Waals surface area contributed by atoms with Crippen molar-refractivity contribution in [3.8, 4) is 0 Å². The predicted octanol–water partition coefficient (Wildman–Crippen LogP) is 3.46. The zero-order valence-electron chi connectivity index (χ0n) is 14.6. The van der Waals surface area contributed by atoms with E-state index in [4.69, 9.17) is 5.11 Å². The molecule has 1 heterocycles. The molecule has 3 rings (SSSR count). The molecule has 1 saturated heterocycles. The maximum atomic E-state index is 10.7. The first-order valence-corrected chi connectivity index (χ1v) is 8.55. The summed E-state index contributed by atoms with van der Waals surface area (Å²) < 4.78 is 0. The highest BCUT2D eigenvalue weighted by molar-refractivity contribution is 5.85. The van der Waals surface area contributed by atoms with Gasteiger partial charge in [-0.2, -0.15) is 0 Å². The Morgan fingerprint density at radius 3 is 2.48 bits per heavy atom. The van der Waals surface area contributed by atoms with E-state index in [1.807, 2.05) is 11.0 Å². The molecule has 2 aliphatic rings. The molecular formula is C19H28Cl2N2O2. The molecule has 2 atom stereocenters. The number of aliphatic carboxylic acids is 1. The van der Waals surface area contributed by atoms with Crippen LogP contribution >= 0.6 is 24.8 Å². The van der Waals surface area contributed by atoms with E-state index >= 15 is 0 Å². The van der Waals surface area contributed by atoms with E-state index in [1.54, 1.807) is 0 Å². The third kappa shape index (κ3) is 6.63. The molecule has 0 unspecified atom stereocenters. The van der Waals surface area contributed by atoms with Crippen LogP contribution in [0.4, 0.5) is 0 Å². The Balaban J connectivity index is 0.00000156. The van der Waals surface area contributed by atoms with Gasteiger partial charge in [0.1, 0.15) is 0 Å². The maximum Gasteiger partial charge on any atom is 0.317 e. The van der Waals surface area contributed by atoms with Gasteiger partial charge in [0, 0.05) is 25.2 Å². The van der Waals surface area contributed by atoms with Crippen molar-refractivity contribution < 1.29 is 9.90 Å². The number of nitrogens with one attached hydrogen (secondary N) is 1. The summed E-state index contributed by atoms with van der Waals surface area (Å²) in [5, 5.41) is 12.6. The smallest absolute Gasteiger partial charge is 0.317 e. The van der Waals surface area contributed by atoms with Gasteiger partial charge in [0.25, 0.3) is 0 Å². The predicted molar refractivity (Wildman–Crippen MR) is 107 cm³/mol. The Hall–Kier alpha value is -1.07. The number of nitrogens with zero attached hydrogens (tertiary/aromatic N) is 1. The molecule has 0 bridgehead atoms. The fraction of sp³-hybridized carbons (Fsp3) is 0.526. The van der Waals surface area contributed by atoms with E-state index in [2.05, 4.69) is 42.6 Å². The normalized spacial score (nSPS) is 24.1. The largest absolute Gasteiger partial charge is 0.480 e. The van der Waals surface area contributed by atoms with Crippen LogP contribution in [0.15, 0.2) is 35.9 Å². The maximum absolute atomic E-state index is 10.7. The molecule has 2 N–H and O–H groups in total. The van der Waals surface area contributed by atoms with E-state index in [1.165, 1.54) is 17.6 Å². The third-order valence-electron chi connectivity index (χ3n) is 4.97.